The van der Waals surface area contributed by atoms with Crippen LogP contribution in [0.2, 0.25) is 0 Å². The van der Waals surface area contributed by atoms with Crippen molar-refractivity contribution in [2.24, 2.45) is 29.4 Å². The summed E-state index contributed by atoms with van der Waals surface area (Å²) in [5.74, 6) is -9.07. The molecule has 2 aromatic carbocycles. The number of phenolic OH excluding ortho intramolecular Hbond substituents is 1. The van der Waals surface area contributed by atoms with E-state index in [2.05, 4.69) is 29.0 Å². The molecule has 2 saturated carbocycles. The van der Waals surface area contributed by atoms with Crippen molar-refractivity contribution in [1.82, 2.24) is 14.7 Å². The molecule has 2 aromatic rings. The zero-order valence-corrected chi connectivity index (χ0v) is 25.3. The van der Waals surface area contributed by atoms with Crippen LogP contribution in [0.1, 0.15) is 27.9 Å². The van der Waals surface area contributed by atoms with Crippen molar-refractivity contribution in [3.63, 3.8) is 0 Å². The Kier molecular flexibility index (Phi) is 7.74. The minimum Gasteiger partial charge on any atom is -0.507 e. The summed E-state index contributed by atoms with van der Waals surface area (Å²) in [5.41, 5.74) is 6.20. The zero-order chi connectivity index (χ0) is 31.7. The summed E-state index contributed by atoms with van der Waals surface area (Å²) in [6.07, 6.45) is -1.20. The summed E-state index contributed by atoms with van der Waals surface area (Å²) in [7, 11) is 5.38. The highest BCUT2D eigenvalue weighted by Crippen LogP contribution is 2.52. The number of likely N-dealkylation sites (N-methyl/N-ethyl adjacent to an activating group) is 2. The lowest BCUT2D eigenvalue weighted by Gasteiger charge is -2.54. The number of amides is 1. The van der Waals surface area contributed by atoms with Crippen molar-refractivity contribution in [2.45, 2.75) is 37.1 Å². The molecule has 1 heterocycles. The van der Waals surface area contributed by atoms with Crippen molar-refractivity contribution >= 4 is 23.3 Å². The molecule has 1 saturated heterocycles. The number of nitrogens with zero attached hydrogens (tertiary/aromatic N) is 3. The Hall–Kier alpha value is -3.48. The van der Waals surface area contributed by atoms with Crippen molar-refractivity contribution in [2.75, 3.05) is 47.3 Å². The molecule has 44 heavy (non-hydrogen) atoms. The highest BCUT2D eigenvalue weighted by atomic mass is 16.3. The van der Waals surface area contributed by atoms with E-state index in [0.29, 0.717) is 5.56 Å². The van der Waals surface area contributed by atoms with Gasteiger partial charge < -0.3 is 30.9 Å². The van der Waals surface area contributed by atoms with Gasteiger partial charge in [-0.3, -0.25) is 24.1 Å². The molecule has 0 radical (unpaired) electrons. The Labute approximate surface area is 256 Å². The molecule has 0 spiro atoms. The third-order valence-electron chi connectivity index (χ3n) is 10.4. The number of aliphatic hydroxyl groups excluding tert-OH is 1. The zero-order valence-electron chi connectivity index (χ0n) is 25.3. The molecule has 4 aliphatic rings. The number of hydrogen-bond acceptors (Lipinski definition) is 10. The van der Waals surface area contributed by atoms with E-state index < -0.39 is 64.7 Å². The summed E-state index contributed by atoms with van der Waals surface area (Å²) in [6.45, 7) is 4.91. The monoisotopic (exact) mass is 604 g/mol. The van der Waals surface area contributed by atoms with Gasteiger partial charge >= 0.3 is 0 Å². The van der Waals surface area contributed by atoms with Crippen LogP contribution in [0.25, 0.3) is 11.1 Å². The first-order chi connectivity index (χ1) is 20.8. The molecule has 0 bridgehead atoms. The van der Waals surface area contributed by atoms with Gasteiger partial charge in [0.1, 0.15) is 11.7 Å². The van der Waals surface area contributed by atoms with E-state index in [1.807, 2.05) is 12.1 Å². The number of piperazine rings is 1. The Morgan fingerprint density at radius 2 is 1.68 bits per heavy atom. The molecule has 3 unspecified atom stereocenters. The summed E-state index contributed by atoms with van der Waals surface area (Å²) in [5, 5.41) is 33.7. The first-order valence-corrected chi connectivity index (χ1v) is 15.2. The number of aromatic hydroxyl groups is 1. The number of primary amides is 1. The Bertz CT molecular complexity index is 1520. The van der Waals surface area contributed by atoms with Crippen LogP contribution in [0.4, 0.5) is 0 Å². The lowest BCUT2D eigenvalue weighted by molar-refractivity contribution is -0.190. The maximum absolute atomic E-state index is 14.0. The normalized spacial score (nSPS) is 32.7. The number of ketones is 3. The first kappa shape index (κ1) is 30.5. The summed E-state index contributed by atoms with van der Waals surface area (Å²) >= 11 is 0. The number of benzene rings is 2. The van der Waals surface area contributed by atoms with E-state index in [1.165, 1.54) is 11.6 Å². The van der Waals surface area contributed by atoms with Crippen LogP contribution >= 0.6 is 0 Å². The maximum Gasteiger partial charge on any atom is 0.230 e. The number of carbonyl (C=O) groups excluding carboxylic acids is 4. The van der Waals surface area contributed by atoms with Gasteiger partial charge in [0.15, 0.2) is 23.0 Å². The van der Waals surface area contributed by atoms with Gasteiger partial charge in [-0.15, -0.1) is 0 Å². The second kappa shape index (κ2) is 11.1. The molecule has 5 N–H and O–H groups in total. The van der Waals surface area contributed by atoms with Crippen molar-refractivity contribution in [3.8, 4) is 16.9 Å². The van der Waals surface area contributed by atoms with Gasteiger partial charge in [-0.1, -0.05) is 30.3 Å². The SMILES string of the molecule is CN1CCN(Cc2ccc(-c3ccc(O)c4c3C[C@@H]3C[C@@H]5[C@@H](N(C)C)C(O)C(C(N)=O)C(=O)[C@]5(O)C(=O)C3C4=O)cc2)CC1. The number of nitrogens with two attached hydrogens (primary N) is 1. The number of carbonyl (C=O) groups is 4. The predicted octanol–water partition coefficient (Wildman–Crippen LogP) is 0.0732. The average molecular weight is 605 g/mol. The molecule has 11 heteroatoms. The van der Waals surface area contributed by atoms with E-state index in [1.54, 1.807) is 25.1 Å². The van der Waals surface area contributed by atoms with Crippen LogP contribution in [0.3, 0.4) is 0 Å². The number of hydrogen-bond donors (Lipinski definition) is 4. The number of phenols is 1. The van der Waals surface area contributed by atoms with Gasteiger partial charge in [0.25, 0.3) is 0 Å². The van der Waals surface area contributed by atoms with Gasteiger partial charge in [-0.2, -0.15) is 0 Å². The fourth-order valence-corrected chi connectivity index (χ4v) is 8.15. The molecular formula is C33H40N4O7. The topological polar surface area (TPSA) is 165 Å². The largest absolute Gasteiger partial charge is 0.507 e. The highest BCUT2D eigenvalue weighted by Gasteiger charge is 2.69. The molecule has 3 aliphatic carbocycles. The van der Waals surface area contributed by atoms with Gasteiger partial charge in [-0.25, -0.2) is 0 Å². The van der Waals surface area contributed by atoms with Crippen LogP contribution < -0.4 is 5.73 Å². The van der Waals surface area contributed by atoms with E-state index >= 15 is 0 Å². The average Bonchev–Trinajstić information content (AvgIpc) is 2.96. The molecular weight excluding hydrogens is 564 g/mol. The van der Waals surface area contributed by atoms with E-state index in [4.69, 9.17) is 5.73 Å². The number of rotatable bonds is 5. The molecule has 6 rings (SSSR count). The number of Topliss-reactive ketones (excluding diaryl/α,β-unsaturated/α-hetero) is 3. The molecule has 1 aliphatic heterocycles. The molecule has 7 atom stereocenters. The van der Waals surface area contributed by atoms with Crippen molar-refractivity contribution in [3.05, 3.63) is 53.1 Å². The van der Waals surface area contributed by atoms with Gasteiger partial charge in [0.2, 0.25) is 5.91 Å². The Balaban J connectivity index is 1.35. The Morgan fingerprint density at radius 3 is 2.30 bits per heavy atom. The minimum absolute atomic E-state index is 0.0135. The molecule has 0 aromatic heterocycles. The lowest BCUT2D eigenvalue weighted by Crippen LogP contribution is -2.75. The summed E-state index contributed by atoms with van der Waals surface area (Å²) in [6, 6.07) is 10.4. The van der Waals surface area contributed by atoms with E-state index in [0.717, 1.165) is 43.9 Å². The third kappa shape index (κ3) is 4.69. The van der Waals surface area contributed by atoms with Crippen LogP contribution in [0.5, 0.6) is 5.75 Å². The van der Waals surface area contributed by atoms with Crippen molar-refractivity contribution in [1.29, 1.82) is 0 Å². The second-order valence-electron chi connectivity index (χ2n) is 13.2. The fraction of sp³-hybridized carbons (Fsp3) is 0.515. The van der Waals surface area contributed by atoms with Gasteiger partial charge in [-0.05, 0) is 68.2 Å². The third-order valence-corrected chi connectivity index (χ3v) is 10.4. The van der Waals surface area contributed by atoms with Crippen LogP contribution in [0, 0.1) is 23.7 Å². The lowest BCUT2D eigenvalue weighted by atomic mass is 9.52. The molecule has 3 fully saturated rings. The van der Waals surface area contributed by atoms with Crippen LogP contribution in [-0.2, 0) is 27.3 Å². The number of fused-ring (bicyclic) bond motifs is 3. The summed E-state index contributed by atoms with van der Waals surface area (Å²) < 4.78 is 0. The maximum atomic E-state index is 14.0. The fourth-order valence-electron chi connectivity index (χ4n) is 8.15. The quantitative estimate of drug-likeness (QED) is 0.344. The molecule has 1 amide bonds. The number of aliphatic hydroxyl groups is 2. The predicted molar refractivity (Wildman–Crippen MR) is 161 cm³/mol. The summed E-state index contributed by atoms with van der Waals surface area (Å²) in [4.78, 5) is 60.1. The Morgan fingerprint density at radius 1 is 1.02 bits per heavy atom. The van der Waals surface area contributed by atoms with Crippen LogP contribution in [0.15, 0.2) is 36.4 Å². The first-order valence-electron chi connectivity index (χ1n) is 15.2. The van der Waals surface area contributed by atoms with E-state index in [9.17, 15) is 34.5 Å². The molecule has 11 nitrogen and oxygen atoms in total. The smallest absolute Gasteiger partial charge is 0.230 e. The minimum atomic E-state index is -2.67. The van der Waals surface area contributed by atoms with Gasteiger partial charge in [0.05, 0.1) is 17.6 Å². The second-order valence-corrected chi connectivity index (χ2v) is 13.2. The molecule has 234 valence electrons. The van der Waals surface area contributed by atoms with E-state index in [-0.39, 0.29) is 24.2 Å². The standard InChI is InChI=1S/C33H40N4O7/c1-35(2)27-22-15-19-14-21-20(18-6-4-17(5-7-18)16-37-12-10-36(3)11-13-37)8-9-23(38)25(21)28(39)24(19)30(41)33(22,44)31(42)26(29(27)40)32(34)43/h4-9,19,22,24,26-27,29,38,40,44H,10-16H2,1-3H3,(H2,34,43)/t19-,22-,24?,26?,27-,29?,33-/m1/s1. The highest BCUT2D eigenvalue weighted by molar-refractivity contribution is 6.25. The van der Waals surface area contributed by atoms with Gasteiger partial charge in [0, 0.05) is 44.7 Å². The van der Waals surface area contributed by atoms with Crippen LogP contribution in [-0.4, -0.2) is 118 Å². The van der Waals surface area contributed by atoms with Crippen molar-refractivity contribution < 1.29 is 34.5 Å².